The molecular weight excluding hydrogens is 406 g/mol. The predicted molar refractivity (Wildman–Crippen MR) is 116 cm³/mol. The molecule has 3 amide bonds. The van der Waals surface area contributed by atoms with E-state index in [0.717, 1.165) is 24.7 Å². The Kier molecular flexibility index (Phi) is 6.32. The average Bonchev–Trinajstić information content (AvgIpc) is 2.60. The number of nitrogens with one attached hydrogen (secondary N) is 1. The van der Waals surface area contributed by atoms with Gasteiger partial charge in [0.15, 0.2) is 0 Å². The molecule has 3 rings (SSSR count). The number of nitrogens with zero attached hydrogens (tertiary/aromatic N) is 2. The highest BCUT2D eigenvalue weighted by Gasteiger charge is 2.55. The van der Waals surface area contributed by atoms with Crippen LogP contribution in [0.25, 0.3) is 0 Å². The Morgan fingerprint density at radius 2 is 2.00 bits per heavy atom. The second-order valence-electron chi connectivity index (χ2n) is 9.28. The molecule has 1 saturated heterocycles. The summed E-state index contributed by atoms with van der Waals surface area (Å²) in [6, 6.07) is 5.39. The van der Waals surface area contributed by atoms with E-state index in [0.29, 0.717) is 23.8 Å². The van der Waals surface area contributed by atoms with Gasteiger partial charge in [-0.3, -0.25) is 4.90 Å². The van der Waals surface area contributed by atoms with Crippen molar-refractivity contribution in [3.63, 3.8) is 0 Å². The SMILES string of the molecule is CNC(=O)N(CCC=O)c1cccc(C2CC3(C2)CN(C(=O)OC(C)(C)C)C3)c1Cl. The van der Waals surface area contributed by atoms with Gasteiger partial charge >= 0.3 is 12.1 Å². The summed E-state index contributed by atoms with van der Waals surface area (Å²) in [5, 5.41) is 3.15. The van der Waals surface area contributed by atoms with Crippen LogP contribution in [0.1, 0.15) is 51.5 Å². The molecule has 1 heterocycles. The number of carbonyl (C=O) groups is 3. The summed E-state index contributed by atoms with van der Waals surface area (Å²) in [7, 11) is 1.55. The second-order valence-corrected chi connectivity index (χ2v) is 9.66. The Hall–Kier alpha value is -2.28. The van der Waals surface area contributed by atoms with Gasteiger partial charge in [-0.15, -0.1) is 0 Å². The fraction of sp³-hybridized carbons (Fsp3) is 0.591. The summed E-state index contributed by atoms with van der Waals surface area (Å²) in [6.45, 7) is 7.29. The van der Waals surface area contributed by atoms with E-state index in [1.54, 1.807) is 18.0 Å². The second kappa shape index (κ2) is 8.46. The Bertz CT molecular complexity index is 822. The van der Waals surface area contributed by atoms with Crippen LogP contribution < -0.4 is 10.2 Å². The number of carbonyl (C=O) groups excluding carboxylic acids is 3. The zero-order chi connectivity index (χ0) is 22.1. The standard InChI is InChI=1S/C22H30ClN3O4/c1-21(2,3)30-20(29)25-13-22(14-25)11-15(12-22)16-7-5-8-17(18(16)23)26(9-6-10-27)19(28)24-4/h5,7-8,10,15H,6,9,11-14H2,1-4H3,(H,24,28). The fourth-order valence-corrected chi connectivity index (χ4v) is 4.77. The van der Waals surface area contributed by atoms with Gasteiger partial charge in [0, 0.05) is 38.5 Å². The number of likely N-dealkylation sites (tertiary alicyclic amines) is 1. The molecule has 1 aliphatic heterocycles. The van der Waals surface area contributed by atoms with Crippen molar-refractivity contribution in [3.05, 3.63) is 28.8 Å². The molecule has 2 fully saturated rings. The van der Waals surface area contributed by atoms with Gasteiger partial charge in [0.2, 0.25) is 0 Å². The molecular formula is C22H30ClN3O4. The monoisotopic (exact) mass is 435 g/mol. The van der Waals surface area contributed by atoms with Gasteiger partial charge < -0.3 is 19.7 Å². The third-order valence-corrected chi connectivity index (χ3v) is 6.14. The van der Waals surface area contributed by atoms with E-state index in [1.165, 1.54) is 4.90 Å². The molecule has 1 spiro atoms. The van der Waals surface area contributed by atoms with Crippen LogP contribution >= 0.6 is 11.6 Å². The van der Waals surface area contributed by atoms with Gasteiger partial charge in [0.05, 0.1) is 10.7 Å². The lowest BCUT2D eigenvalue weighted by atomic mass is 9.56. The quantitative estimate of drug-likeness (QED) is 0.703. The zero-order valence-electron chi connectivity index (χ0n) is 18.0. The van der Waals surface area contributed by atoms with E-state index in [2.05, 4.69) is 5.32 Å². The van der Waals surface area contributed by atoms with Gasteiger partial charge in [-0.2, -0.15) is 0 Å². The Morgan fingerprint density at radius 3 is 2.57 bits per heavy atom. The summed E-state index contributed by atoms with van der Waals surface area (Å²) in [5.41, 5.74) is 1.27. The zero-order valence-corrected chi connectivity index (χ0v) is 18.8. The molecule has 164 valence electrons. The van der Waals surface area contributed by atoms with Crippen molar-refractivity contribution < 1.29 is 19.1 Å². The molecule has 2 aliphatic rings. The number of ether oxygens (including phenoxy) is 1. The van der Waals surface area contributed by atoms with E-state index in [1.807, 2.05) is 32.9 Å². The first-order valence-corrected chi connectivity index (χ1v) is 10.7. The number of amides is 3. The molecule has 1 saturated carbocycles. The largest absolute Gasteiger partial charge is 0.444 e. The highest BCUT2D eigenvalue weighted by atomic mass is 35.5. The number of hydrogen-bond donors (Lipinski definition) is 1. The average molecular weight is 436 g/mol. The van der Waals surface area contributed by atoms with E-state index >= 15 is 0 Å². The first-order chi connectivity index (χ1) is 14.1. The maximum Gasteiger partial charge on any atom is 0.410 e. The molecule has 0 unspecified atom stereocenters. The molecule has 1 aromatic carbocycles. The normalized spacial score (nSPS) is 17.7. The molecule has 1 aromatic rings. The van der Waals surface area contributed by atoms with Crippen LogP contribution in [0.3, 0.4) is 0 Å². The highest BCUT2D eigenvalue weighted by molar-refractivity contribution is 6.34. The summed E-state index contributed by atoms with van der Waals surface area (Å²) in [5.74, 6) is 0.288. The third-order valence-electron chi connectivity index (χ3n) is 5.73. The lowest BCUT2D eigenvalue weighted by Gasteiger charge is -2.59. The first-order valence-electron chi connectivity index (χ1n) is 10.3. The molecule has 8 heteroatoms. The van der Waals surface area contributed by atoms with Crippen molar-refractivity contribution in [2.45, 2.75) is 51.6 Å². The first kappa shape index (κ1) is 22.4. The molecule has 0 atom stereocenters. The van der Waals surface area contributed by atoms with Crippen LogP contribution in [0.15, 0.2) is 18.2 Å². The van der Waals surface area contributed by atoms with E-state index < -0.39 is 5.60 Å². The summed E-state index contributed by atoms with van der Waals surface area (Å²) in [4.78, 5) is 38.5. The molecule has 0 radical (unpaired) electrons. The van der Waals surface area contributed by atoms with E-state index in [9.17, 15) is 14.4 Å². The lowest BCUT2D eigenvalue weighted by molar-refractivity contribution is -0.107. The molecule has 1 N–H and O–H groups in total. The number of urea groups is 1. The van der Waals surface area contributed by atoms with Crippen molar-refractivity contribution in [3.8, 4) is 0 Å². The number of aldehydes is 1. The maximum absolute atomic E-state index is 12.3. The Balaban J connectivity index is 1.65. The molecule has 0 aromatic heterocycles. The van der Waals surface area contributed by atoms with Crippen molar-refractivity contribution in [1.82, 2.24) is 10.2 Å². The van der Waals surface area contributed by atoms with Crippen LogP contribution in [0.2, 0.25) is 5.02 Å². The number of anilines is 1. The van der Waals surface area contributed by atoms with Crippen LogP contribution in [0, 0.1) is 5.41 Å². The van der Waals surface area contributed by atoms with Gasteiger partial charge in [0.1, 0.15) is 11.9 Å². The molecule has 1 aliphatic carbocycles. The summed E-state index contributed by atoms with van der Waals surface area (Å²) < 4.78 is 5.44. The maximum atomic E-state index is 12.3. The summed E-state index contributed by atoms with van der Waals surface area (Å²) in [6.07, 6.45) is 2.67. The van der Waals surface area contributed by atoms with Crippen molar-refractivity contribution >= 4 is 35.7 Å². The van der Waals surface area contributed by atoms with Gasteiger partial charge in [-0.05, 0) is 51.2 Å². The highest BCUT2D eigenvalue weighted by Crippen LogP contribution is 2.57. The van der Waals surface area contributed by atoms with Gasteiger partial charge in [0.25, 0.3) is 0 Å². The van der Waals surface area contributed by atoms with Gasteiger partial charge in [-0.25, -0.2) is 9.59 Å². The van der Waals surface area contributed by atoms with Crippen molar-refractivity contribution in [2.24, 2.45) is 5.41 Å². The van der Waals surface area contributed by atoms with Gasteiger partial charge in [-0.1, -0.05) is 23.7 Å². The Morgan fingerprint density at radius 1 is 1.33 bits per heavy atom. The minimum Gasteiger partial charge on any atom is -0.444 e. The number of benzene rings is 1. The smallest absolute Gasteiger partial charge is 0.410 e. The lowest BCUT2D eigenvalue weighted by Crippen LogP contribution is -2.63. The number of halogens is 1. The predicted octanol–water partition coefficient (Wildman–Crippen LogP) is 4.19. The van der Waals surface area contributed by atoms with E-state index in [-0.39, 0.29) is 36.4 Å². The van der Waals surface area contributed by atoms with Crippen molar-refractivity contribution in [1.29, 1.82) is 0 Å². The molecule has 0 bridgehead atoms. The third kappa shape index (κ3) is 4.56. The summed E-state index contributed by atoms with van der Waals surface area (Å²) >= 11 is 6.70. The van der Waals surface area contributed by atoms with E-state index in [4.69, 9.17) is 16.3 Å². The van der Waals surface area contributed by atoms with Crippen LogP contribution in [-0.2, 0) is 9.53 Å². The fourth-order valence-electron chi connectivity index (χ4n) is 4.39. The topological polar surface area (TPSA) is 79.0 Å². The van der Waals surface area contributed by atoms with Crippen molar-refractivity contribution in [2.75, 3.05) is 31.6 Å². The van der Waals surface area contributed by atoms with Crippen LogP contribution in [-0.4, -0.2) is 55.6 Å². The van der Waals surface area contributed by atoms with Crippen LogP contribution in [0.4, 0.5) is 15.3 Å². The number of hydrogen-bond acceptors (Lipinski definition) is 4. The minimum absolute atomic E-state index is 0.138. The number of rotatable bonds is 5. The minimum atomic E-state index is -0.490. The molecule has 30 heavy (non-hydrogen) atoms. The molecule has 7 nitrogen and oxygen atoms in total. The van der Waals surface area contributed by atoms with Crippen LogP contribution in [0.5, 0.6) is 0 Å². The Labute approximate surface area is 182 Å².